The fourth-order valence-electron chi connectivity index (χ4n) is 1.60. The second-order valence-electron chi connectivity index (χ2n) is 4.53. The van der Waals surface area contributed by atoms with Crippen LogP contribution in [0.3, 0.4) is 0 Å². The first-order valence-electron chi connectivity index (χ1n) is 6.46. The van der Waals surface area contributed by atoms with Gasteiger partial charge >= 0.3 is 0 Å². The monoisotopic (exact) mass is 306 g/mol. The van der Waals surface area contributed by atoms with Gasteiger partial charge in [-0.3, -0.25) is 0 Å². The van der Waals surface area contributed by atoms with Crippen LogP contribution in [0.5, 0.6) is 5.75 Å². The lowest BCUT2D eigenvalue weighted by Crippen LogP contribution is -2.22. The van der Waals surface area contributed by atoms with Crippen LogP contribution in [0.2, 0.25) is 0 Å². The molecule has 0 bridgehead atoms. The Bertz CT molecular complexity index is 610. The molecule has 0 atom stereocenters. The third-order valence-electron chi connectivity index (χ3n) is 2.85. The maximum Gasteiger partial charge on any atom is 0.191 e. The van der Waals surface area contributed by atoms with Crippen LogP contribution in [0, 0.1) is 6.92 Å². The molecule has 0 radical (unpaired) electrons. The fraction of sp³-hybridized carbons (Fsp3) is 0.357. The van der Waals surface area contributed by atoms with Crippen LogP contribution in [0.15, 0.2) is 29.4 Å². The lowest BCUT2D eigenvalue weighted by atomic mass is 10.2. The molecule has 7 heteroatoms. The van der Waals surface area contributed by atoms with Crippen molar-refractivity contribution in [3.8, 4) is 5.75 Å². The number of aliphatic carboxylic acids is 1. The number of nitrogens with zero attached hydrogens (tertiary/aromatic N) is 3. The molecule has 0 spiro atoms. The molecule has 1 heterocycles. The molecular formula is C14H16N3O3S-. The predicted molar refractivity (Wildman–Crippen MR) is 76.9 cm³/mol. The number of ether oxygens (including phenoxy) is 1. The summed E-state index contributed by atoms with van der Waals surface area (Å²) in [6.07, 6.45) is -0.00722. The van der Waals surface area contributed by atoms with Crippen molar-refractivity contribution < 1.29 is 14.6 Å². The lowest BCUT2D eigenvalue weighted by molar-refractivity contribution is -0.305. The number of carboxylic acids is 1. The minimum Gasteiger partial charge on any atom is -0.550 e. The number of hydrogen-bond acceptors (Lipinski definition) is 6. The molecule has 2 rings (SSSR count). The average molecular weight is 306 g/mol. The van der Waals surface area contributed by atoms with E-state index in [0.717, 1.165) is 5.75 Å². The molecule has 0 N–H and O–H groups in total. The zero-order valence-electron chi connectivity index (χ0n) is 11.9. The molecule has 0 fully saturated rings. The molecule has 6 nitrogen and oxygen atoms in total. The van der Waals surface area contributed by atoms with E-state index < -0.39 is 5.97 Å². The van der Waals surface area contributed by atoms with Gasteiger partial charge in [-0.2, -0.15) is 0 Å². The molecule has 0 saturated carbocycles. The Morgan fingerprint density at radius 2 is 2.05 bits per heavy atom. The van der Waals surface area contributed by atoms with Gasteiger partial charge in [0.2, 0.25) is 0 Å². The topological polar surface area (TPSA) is 80.1 Å². The number of rotatable bonds is 7. The van der Waals surface area contributed by atoms with Crippen LogP contribution >= 0.6 is 11.8 Å². The van der Waals surface area contributed by atoms with E-state index >= 15 is 0 Å². The van der Waals surface area contributed by atoms with Crippen LogP contribution < -0.4 is 9.84 Å². The van der Waals surface area contributed by atoms with Gasteiger partial charge < -0.3 is 19.2 Å². The first kappa shape index (κ1) is 15.4. The number of carbonyl (C=O) groups is 1. The first-order valence-corrected chi connectivity index (χ1v) is 7.45. The zero-order valence-corrected chi connectivity index (χ0v) is 12.7. The molecule has 0 saturated heterocycles. The van der Waals surface area contributed by atoms with Gasteiger partial charge in [0, 0.05) is 18.8 Å². The van der Waals surface area contributed by atoms with Gasteiger partial charge in [-0.1, -0.05) is 29.5 Å². The van der Waals surface area contributed by atoms with Crippen LogP contribution in [0.1, 0.15) is 17.8 Å². The molecule has 0 aliphatic heterocycles. The van der Waals surface area contributed by atoms with Crippen LogP contribution in [-0.2, 0) is 18.4 Å². The van der Waals surface area contributed by atoms with Gasteiger partial charge in [-0.15, -0.1) is 10.2 Å². The van der Waals surface area contributed by atoms with Gasteiger partial charge in [-0.25, -0.2) is 0 Å². The van der Waals surface area contributed by atoms with E-state index in [2.05, 4.69) is 10.2 Å². The number of benzene rings is 1. The Hall–Kier alpha value is -2.02. The van der Waals surface area contributed by atoms with Gasteiger partial charge in [0.05, 0.1) is 0 Å². The Labute approximate surface area is 127 Å². The Morgan fingerprint density at radius 1 is 1.33 bits per heavy atom. The smallest absolute Gasteiger partial charge is 0.191 e. The predicted octanol–water partition coefficient (Wildman–Crippen LogP) is 0.935. The van der Waals surface area contributed by atoms with Crippen molar-refractivity contribution in [1.29, 1.82) is 0 Å². The molecule has 112 valence electrons. The van der Waals surface area contributed by atoms with Gasteiger partial charge in [0.1, 0.15) is 12.4 Å². The summed E-state index contributed by atoms with van der Waals surface area (Å²) in [5.74, 6) is 0.807. The highest BCUT2D eigenvalue weighted by Gasteiger charge is 2.09. The fourth-order valence-corrected chi connectivity index (χ4v) is 2.45. The second-order valence-corrected chi connectivity index (χ2v) is 5.59. The SMILES string of the molecule is Cc1ccc(OCc2nnc(SCCC(=O)[O-])n2C)cc1. The average Bonchev–Trinajstić information content (AvgIpc) is 2.79. The first-order chi connectivity index (χ1) is 10.1. The van der Waals surface area contributed by atoms with E-state index in [1.807, 2.05) is 38.2 Å². The molecule has 21 heavy (non-hydrogen) atoms. The van der Waals surface area contributed by atoms with Crippen LogP contribution in [-0.4, -0.2) is 26.5 Å². The summed E-state index contributed by atoms with van der Waals surface area (Å²) in [5.41, 5.74) is 1.17. The standard InChI is InChI=1S/C14H17N3O3S/c1-10-3-5-11(6-4-10)20-9-12-15-16-14(17(12)2)21-8-7-13(18)19/h3-6H,7-9H2,1-2H3,(H,18,19)/p-1. The Balaban J connectivity index is 1.90. The summed E-state index contributed by atoms with van der Waals surface area (Å²) >= 11 is 1.33. The minimum absolute atomic E-state index is 0.00722. The highest BCUT2D eigenvalue weighted by atomic mass is 32.2. The van der Waals surface area contributed by atoms with E-state index in [4.69, 9.17) is 4.74 Å². The molecule has 1 aromatic carbocycles. The molecule has 0 amide bonds. The summed E-state index contributed by atoms with van der Waals surface area (Å²) in [5, 5.41) is 19.1. The maximum atomic E-state index is 10.4. The molecule has 0 unspecified atom stereocenters. The lowest BCUT2D eigenvalue weighted by Gasteiger charge is -2.07. The van der Waals surface area contributed by atoms with E-state index in [9.17, 15) is 9.90 Å². The molecular weight excluding hydrogens is 290 g/mol. The van der Waals surface area contributed by atoms with E-state index in [0.29, 0.717) is 23.3 Å². The van der Waals surface area contributed by atoms with Crippen molar-refractivity contribution in [1.82, 2.24) is 14.8 Å². The largest absolute Gasteiger partial charge is 0.550 e. The van der Waals surface area contributed by atoms with Gasteiger partial charge in [0.25, 0.3) is 0 Å². The number of carboxylic acid groups (broad SMARTS) is 1. The Morgan fingerprint density at radius 3 is 2.71 bits per heavy atom. The number of carbonyl (C=O) groups excluding carboxylic acids is 1. The van der Waals surface area contributed by atoms with E-state index in [-0.39, 0.29) is 6.42 Å². The van der Waals surface area contributed by atoms with E-state index in [1.165, 1.54) is 17.3 Å². The molecule has 0 aliphatic carbocycles. The second kappa shape index (κ2) is 7.12. The number of aromatic nitrogens is 3. The third-order valence-corrected chi connectivity index (χ3v) is 3.87. The number of thioether (sulfide) groups is 1. The van der Waals surface area contributed by atoms with Crippen molar-refractivity contribution in [3.63, 3.8) is 0 Å². The van der Waals surface area contributed by atoms with Crippen molar-refractivity contribution in [2.75, 3.05) is 5.75 Å². The van der Waals surface area contributed by atoms with Crippen molar-refractivity contribution in [2.45, 2.75) is 25.1 Å². The van der Waals surface area contributed by atoms with Crippen molar-refractivity contribution in [2.24, 2.45) is 7.05 Å². The summed E-state index contributed by atoms with van der Waals surface area (Å²) in [6, 6.07) is 7.77. The van der Waals surface area contributed by atoms with Crippen LogP contribution in [0.25, 0.3) is 0 Å². The van der Waals surface area contributed by atoms with E-state index in [1.54, 1.807) is 4.57 Å². The van der Waals surface area contributed by atoms with Crippen LogP contribution in [0.4, 0.5) is 0 Å². The van der Waals surface area contributed by atoms with Crippen molar-refractivity contribution >= 4 is 17.7 Å². The summed E-state index contributed by atoms with van der Waals surface area (Å²) in [4.78, 5) is 10.4. The zero-order chi connectivity index (χ0) is 15.2. The Kier molecular flexibility index (Phi) is 5.21. The van der Waals surface area contributed by atoms with Crippen molar-refractivity contribution in [3.05, 3.63) is 35.7 Å². The maximum absolute atomic E-state index is 10.4. The molecule has 2 aromatic rings. The number of hydrogen-bond donors (Lipinski definition) is 0. The summed E-state index contributed by atoms with van der Waals surface area (Å²) in [7, 11) is 1.83. The molecule has 0 aliphatic rings. The quantitative estimate of drug-likeness (QED) is 0.708. The summed E-state index contributed by atoms with van der Waals surface area (Å²) < 4.78 is 7.45. The number of aryl methyl sites for hydroxylation is 1. The summed E-state index contributed by atoms with van der Waals surface area (Å²) in [6.45, 7) is 2.33. The normalized spacial score (nSPS) is 10.6. The van der Waals surface area contributed by atoms with Gasteiger partial charge in [0.15, 0.2) is 11.0 Å². The third kappa shape index (κ3) is 4.49. The highest BCUT2D eigenvalue weighted by Crippen LogP contribution is 2.18. The van der Waals surface area contributed by atoms with Gasteiger partial charge in [-0.05, 0) is 25.5 Å². The highest BCUT2D eigenvalue weighted by molar-refractivity contribution is 7.99. The molecule has 1 aromatic heterocycles. The minimum atomic E-state index is -1.06.